The molecule has 0 radical (unpaired) electrons. The molecule has 32 heavy (non-hydrogen) atoms. The fourth-order valence-corrected chi connectivity index (χ4v) is 5.50. The average Bonchev–Trinajstić information content (AvgIpc) is 3.20. The number of hydrogen-bond acceptors (Lipinski definition) is 4. The standard InChI is InChI=1S/C24H28N4O3S/c1-19(20-9-11-22(12-10-20)27-16-13-25-18-27)26-24(29)21-7-6-8-23(17-21)32(30,31)28-14-4-2-3-5-15-28/h6-13,16-19H,2-5,14-15H2,1H3,(H,26,29)/t19-/m1/s1. The van der Waals surface area contributed by atoms with Gasteiger partial charge >= 0.3 is 0 Å². The van der Waals surface area contributed by atoms with Gasteiger partial charge in [0.25, 0.3) is 5.91 Å². The van der Waals surface area contributed by atoms with Crippen molar-refractivity contribution in [2.75, 3.05) is 13.1 Å². The van der Waals surface area contributed by atoms with Crippen molar-refractivity contribution in [3.63, 3.8) is 0 Å². The summed E-state index contributed by atoms with van der Waals surface area (Å²) in [5.74, 6) is -0.302. The van der Waals surface area contributed by atoms with Crippen LogP contribution in [0.1, 0.15) is 54.6 Å². The SMILES string of the molecule is C[C@@H](NC(=O)c1cccc(S(=O)(=O)N2CCCCCC2)c1)c1ccc(-n2ccnc2)cc1. The molecule has 7 nitrogen and oxygen atoms in total. The molecule has 1 amide bonds. The number of hydrogen-bond donors (Lipinski definition) is 1. The molecule has 1 saturated heterocycles. The lowest BCUT2D eigenvalue weighted by atomic mass is 10.1. The van der Waals surface area contributed by atoms with Gasteiger partial charge < -0.3 is 9.88 Å². The molecule has 1 aliphatic heterocycles. The van der Waals surface area contributed by atoms with Gasteiger partial charge in [-0.1, -0.05) is 31.0 Å². The van der Waals surface area contributed by atoms with Gasteiger partial charge in [-0.3, -0.25) is 4.79 Å². The summed E-state index contributed by atoms with van der Waals surface area (Å²) in [4.78, 5) is 17.1. The maximum atomic E-state index is 13.1. The quantitative estimate of drug-likeness (QED) is 0.614. The van der Waals surface area contributed by atoms with Crippen molar-refractivity contribution in [2.45, 2.75) is 43.5 Å². The van der Waals surface area contributed by atoms with Gasteiger partial charge in [-0.05, 0) is 55.7 Å². The Morgan fingerprint density at radius 2 is 1.75 bits per heavy atom. The van der Waals surface area contributed by atoms with Crippen molar-refractivity contribution >= 4 is 15.9 Å². The molecule has 1 N–H and O–H groups in total. The lowest BCUT2D eigenvalue weighted by molar-refractivity contribution is 0.0939. The predicted octanol–water partition coefficient (Wildman–Crippen LogP) is 3.93. The molecule has 1 aromatic heterocycles. The van der Waals surface area contributed by atoms with Crippen molar-refractivity contribution in [1.82, 2.24) is 19.2 Å². The average molecular weight is 453 g/mol. The van der Waals surface area contributed by atoms with E-state index in [2.05, 4.69) is 10.3 Å². The fraction of sp³-hybridized carbons (Fsp3) is 0.333. The first-order chi connectivity index (χ1) is 15.4. The third kappa shape index (κ3) is 4.92. The summed E-state index contributed by atoms with van der Waals surface area (Å²) in [6.45, 7) is 2.97. The summed E-state index contributed by atoms with van der Waals surface area (Å²) in [5.41, 5.74) is 2.27. The van der Waals surface area contributed by atoms with E-state index >= 15 is 0 Å². The summed E-state index contributed by atoms with van der Waals surface area (Å²) in [6.07, 6.45) is 9.16. The Kier molecular flexibility index (Phi) is 6.72. The molecule has 0 unspecified atom stereocenters. The number of aromatic nitrogens is 2. The van der Waals surface area contributed by atoms with Crippen LogP contribution in [0.15, 0.2) is 72.1 Å². The van der Waals surface area contributed by atoms with E-state index in [1.807, 2.05) is 42.0 Å². The predicted molar refractivity (Wildman–Crippen MR) is 123 cm³/mol. The van der Waals surface area contributed by atoms with Gasteiger partial charge in [-0.15, -0.1) is 0 Å². The van der Waals surface area contributed by atoms with Crippen LogP contribution in [0, 0.1) is 0 Å². The van der Waals surface area contributed by atoms with Gasteiger partial charge in [-0.25, -0.2) is 13.4 Å². The first-order valence-electron chi connectivity index (χ1n) is 10.9. The second kappa shape index (κ2) is 9.67. The highest BCUT2D eigenvalue weighted by Crippen LogP contribution is 2.22. The number of imidazole rings is 1. The number of nitrogens with zero attached hydrogens (tertiary/aromatic N) is 3. The summed E-state index contributed by atoms with van der Waals surface area (Å²) in [7, 11) is -3.60. The van der Waals surface area contributed by atoms with E-state index in [0.29, 0.717) is 18.7 Å². The Morgan fingerprint density at radius 1 is 1.03 bits per heavy atom. The number of benzene rings is 2. The third-order valence-corrected chi connectivity index (χ3v) is 7.74. The van der Waals surface area contributed by atoms with Crippen molar-refractivity contribution in [3.8, 4) is 5.69 Å². The Balaban J connectivity index is 1.46. The molecular formula is C24H28N4O3S. The lowest BCUT2D eigenvalue weighted by Gasteiger charge is -2.20. The Hall–Kier alpha value is -2.97. The van der Waals surface area contributed by atoms with Crippen LogP contribution in [-0.2, 0) is 10.0 Å². The van der Waals surface area contributed by atoms with Crippen molar-refractivity contribution in [3.05, 3.63) is 78.4 Å². The van der Waals surface area contributed by atoms with Crippen molar-refractivity contribution in [1.29, 1.82) is 0 Å². The third-order valence-electron chi connectivity index (χ3n) is 5.84. The lowest BCUT2D eigenvalue weighted by Crippen LogP contribution is -2.32. The van der Waals surface area contributed by atoms with Crippen LogP contribution in [-0.4, -0.2) is 41.3 Å². The topological polar surface area (TPSA) is 84.3 Å². The number of amides is 1. The highest BCUT2D eigenvalue weighted by atomic mass is 32.2. The second-order valence-electron chi connectivity index (χ2n) is 8.10. The molecule has 1 fully saturated rings. The zero-order valence-corrected chi connectivity index (χ0v) is 19.0. The van der Waals surface area contributed by atoms with E-state index in [-0.39, 0.29) is 16.8 Å². The van der Waals surface area contributed by atoms with E-state index in [1.54, 1.807) is 35.0 Å². The van der Waals surface area contributed by atoms with Crippen LogP contribution < -0.4 is 5.32 Å². The molecule has 1 aliphatic rings. The number of rotatable bonds is 6. The molecule has 1 atom stereocenters. The van der Waals surface area contributed by atoms with E-state index in [9.17, 15) is 13.2 Å². The van der Waals surface area contributed by atoms with Gasteiger partial charge in [-0.2, -0.15) is 4.31 Å². The largest absolute Gasteiger partial charge is 0.346 e. The van der Waals surface area contributed by atoms with Crippen LogP contribution in [0.3, 0.4) is 0 Å². The second-order valence-corrected chi connectivity index (χ2v) is 10.0. The summed E-state index contributed by atoms with van der Waals surface area (Å²) < 4.78 is 29.6. The Morgan fingerprint density at radius 3 is 2.41 bits per heavy atom. The number of nitrogens with one attached hydrogen (secondary N) is 1. The van der Waals surface area contributed by atoms with Crippen LogP contribution >= 0.6 is 0 Å². The van der Waals surface area contributed by atoms with E-state index in [0.717, 1.165) is 36.9 Å². The fourth-order valence-electron chi connectivity index (χ4n) is 3.94. The van der Waals surface area contributed by atoms with Gasteiger partial charge in [0.05, 0.1) is 17.3 Å². The van der Waals surface area contributed by atoms with Gasteiger partial charge in [0, 0.05) is 36.7 Å². The monoisotopic (exact) mass is 452 g/mol. The van der Waals surface area contributed by atoms with E-state index < -0.39 is 10.0 Å². The van der Waals surface area contributed by atoms with Crippen LogP contribution in [0.25, 0.3) is 5.69 Å². The normalized spacial score (nSPS) is 16.3. The smallest absolute Gasteiger partial charge is 0.251 e. The maximum absolute atomic E-state index is 13.1. The number of carbonyl (C=O) groups excluding carboxylic acids is 1. The molecule has 4 rings (SSSR count). The van der Waals surface area contributed by atoms with Crippen LogP contribution in [0.5, 0.6) is 0 Å². The molecule has 0 spiro atoms. The highest BCUT2D eigenvalue weighted by Gasteiger charge is 2.26. The molecular weight excluding hydrogens is 424 g/mol. The number of sulfonamides is 1. The van der Waals surface area contributed by atoms with E-state index in [4.69, 9.17) is 0 Å². The molecule has 0 saturated carbocycles. The van der Waals surface area contributed by atoms with E-state index in [1.165, 1.54) is 6.07 Å². The van der Waals surface area contributed by atoms with Crippen LogP contribution in [0.4, 0.5) is 0 Å². The summed E-state index contributed by atoms with van der Waals surface area (Å²) in [6, 6.07) is 13.9. The molecule has 3 aromatic rings. The van der Waals surface area contributed by atoms with Crippen molar-refractivity contribution < 1.29 is 13.2 Å². The first kappa shape index (κ1) is 22.2. The van der Waals surface area contributed by atoms with Crippen LogP contribution in [0.2, 0.25) is 0 Å². The van der Waals surface area contributed by atoms with Gasteiger partial charge in [0.15, 0.2) is 0 Å². The minimum Gasteiger partial charge on any atom is -0.346 e. The Bertz CT molecular complexity index is 1150. The first-order valence-corrected chi connectivity index (χ1v) is 12.4. The minimum absolute atomic E-state index is 0.171. The zero-order valence-electron chi connectivity index (χ0n) is 18.1. The molecule has 2 aromatic carbocycles. The summed E-state index contributed by atoms with van der Waals surface area (Å²) in [5, 5.41) is 2.97. The molecule has 0 aliphatic carbocycles. The van der Waals surface area contributed by atoms with Gasteiger partial charge in [0.2, 0.25) is 10.0 Å². The number of carbonyl (C=O) groups is 1. The zero-order chi connectivity index (χ0) is 22.6. The minimum atomic E-state index is -3.60. The molecule has 168 valence electrons. The highest BCUT2D eigenvalue weighted by molar-refractivity contribution is 7.89. The van der Waals surface area contributed by atoms with Gasteiger partial charge in [0.1, 0.15) is 0 Å². The molecule has 0 bridgehead atoms. The Labute approximate surface area is 189 Å². The molecule has 2 heterocycles. The van der Waals surface area contributed by atoms with Crippen molar-refractivity contribution in [2.24, 2.45) is 0 Å². The molecule has 8 heteroatoms. The maximum Gasteiger partial charge on any atom is 0.251 e. The summed E-state index contributed by atoms with van der Waals surface area (Å²) >= 11 is 0.